The van der Waals surface area contributed by atoms with E-state index in [1.165, 1.54) is 44.4 Å². The van der Waals surface area contributed by atoms with Crippen LogP contribution in [0.2, 0.25) is 0 Å². The first-order valence-corrected chi connectivity index (χ1v) is 7.90. The van der Waals surface area contributed by atoms with Crippen molar-refractivity contribution in [2.75, 3.05) is 5.32 Å². The van der Waals surface area contributed by atoms with E-state index in [4.69, 9.17) is 9.15 Å². The van der Waals surface area contributed by atoms with E-state index in [0.717, 1.165) is 15.2 Å². The van der Waals surface area contributed by atoms with Gasteiger partial charge in [-0.05, 0) is 36.4 Å². The van der Waals surface area contributed by atoms with Gasteiger partial charge in [-0.3, -0.25) is 18.7 Å². The van der Waals surface area contributed by atoms with Gasteiger partial charge in [0.2, 0.25) is 0 Å². The Morgan fingerprint density at radius 2 is 1.81 bits per heavy atom. The molecule has 27 heavy (non-hydrogen) atoms. The second-order valence-corrected chi connectivity index (χ2v) is 5.73. The molecule has 0 atom stereocenters. The summed E-state index contributed by atoms with van der Waals surface area (Å²) in [7, 11) is 2.78. The predicted molar refractivity (Wildman–Crippen MR) is 94.3 cm³/mol. The Balaban J connectivity index is 1.69. The molecule has 0 spiro atoms. The first-order valence-electron chi connectivity index (χ1n) is 7.90. The number of ether oxygens (including phenoxy) is 1. The highest BCUT2D eigenvalue weighted by atomic mass is 19.1. The Morgan fingerprint density at radius 1 is 1.11 bits per heavy atom. The molecule has 2 aromatic heterocycles. The van der Waals surface area contributed by atoms with Crippen molar-refractivity contribution in [3.8, 4) is 5.75 Å². The monoisotopic (exact) mass is 373 g/mol. The minimum Gasteiger partial charge on any atom is -0.486 e. The van der Waals surface area contributed by atoms with E-state index in [-0.39, 0.29) is 24.0 Å². The van der Waals surface area contributed by atoms with Crippen LogP contribution in [0.25, 0.3) is 0 Å². The number of furan rings is 1. The summed E-state index contributed by atoms with van der Waals surface area (Å²) in [5.74, 6) is -0.124. The molecule has 0 fully saturated rings. The lowest BCUT2D eigenvalue weighted by Crippen LogP contribution is -2.38. The molecule has 0 unspecified atom stereocenters. The summed E-state index contributed by atoms with van der Waals surface area (Å²) in [5.41, 5.74) is -1.10. The fourth-order valence-corrected chi connectivity index (χ4v) is 2.29. The number of hydrogen-bond donors (Lipinski definition) is 1. The van der Waals surface area contributed by atoms with Crippen molar-refractivity contribution in [3.63, 3.8) is 0 Å². The molecule has 0 bridgehead atoms. The van der Waals surface area contributed by atoms with Crippen LogP contribution in [0.4, 0.5) is 10.2 Å². The first kappa shape index (κ1) is 18.2. The fraction of sp³-hybridized carbons (Fsp3) is 0.167. The predicted octanol–water partition coefficient (Wildman–Crippen LogP) is 1.65. The highest BCUT2D eigenvalue weighted by molar-refractivity contribution is 6.01. The molecule has 0 saturated carbocycles. The Labute approximate surface area is 152 Å². The van der Waals surface area contributed by atoms with Crippen LogP contribution in [0, 0.1) is 5.82 Å². The maximum Gasteiger partial charge on any atom is 0.332 e. The minimum absolute atomic E-state index is 0.0131. The van der Waals surface area contributed by atoms with Crippen LogP contribution >= 0.6 is 0 Å². The van der Waals surface area contributed by atoms with Crippen molar-refractivity contribution < 1.29 is 18.3 Å². The Hall–Kier alpha value is -3.62. The van der Waals surface area contributed by atoms with Crippen LogP contribution in [0.15, 0.2) is 56.5 Å². The SMILES string of the molecule is Cn1c(NC(=O)c2ccc(COc3ccc(F)cc3)o2)cc(=O)n(C)c1=O. The Morgan fingerprint density at radius 3 is 2.52 bits per heavy atom. The van der Waals surface area contributed by atoms with Crippen LogP contribution < -0.4 is 21.3 Å². The number of aromatic nitrogens is 2. The highest BCUT2D eigenvalue weighted by Gasteiger charge is 2.15. The number of nitrogens with zero attached hydrogens (tertiary/aromatic N) is 2. The van der Waals surface area contributed by atoms with E-state index in [1.54, 1.807) is 6.07 Å². The molecule has 0 aliphatic carbocycles. The van der Waals surface area contributed by atoms with Crippen molar-refractivity contribution >= 4 is 11.7 Å². The Kier molecular flexibility index (Phi) is 4.93. The van der Waals surface area contributed by atoms with Crippen LogP contribution in [0.5, 0.6) is 5.75 Å². The summed E-state index contributed by atoms with van der Waals surface area (Å²) < 4.78 is 25.8. The summed E-state index contributed by atoms with van der Waals surface area (Å²) in [6.45, 7) is 0.0449. The quantitative estimate of drug-likeness (QED) is 0.734. The van der Waals surface area contributed by atoms with Crippen LogP contribution in [0.1, 0.15) is 16.3 Å². The number of carbonyl (C=O) groups is 1. The van der Waals surface area contributed by atoms with Gasteiger partial charge in [-0.2, -0.15) is 0 Å². The van der Waals surface area contributed by atoms with Crippen molar-refractivity contribution in [2.45, 2.75) is 6.61 Å². The maximum absolute atomic E-state index is 12.9. The molecule has 0 saturated heterocycles. The molecule has 0 aliphatic rings. The van der Waals surface area contributed by atoms with Gasteiger partial charge in [0.05, 0.1) is 0 Å². The Bertz CT molecular complexity index is 1100. The summed E-state index contributed by atoms with van der Waals surface area (Å²) >= 11 is 0. The van der Waals surface area contributed by atoms with Gasteiger partial charge in [-0.25, -0.2) is 9.18 Å². The number of nitrogens with one attached hydrogen (secondary N) is 1. The zero-order valence-corrected chi connectivity index (χ0v) is 14.6. The van der Waals surface area contributed by atoms with Crippen LogP contribution in [-0.4, -0.2) is 15.0 Å². The number of halogens is 1. The molecule has 140 valence electrons. The number of anilines is 1. The number of carbonyl (C=O) groups excluding carboxylic acids is 1. The molecular weight excluding hydrogens is 357 g/mol. The molecule has 9 heteroatoms. The topological polar surface area (TPSA) is 95.5 Å². The second-order valence-electron chi connectivity index (χ2n) is 5.73. The smallest absolute Gasteiger partial charge is 0.332 e. The highest BCUT2D eigenvalue weighted by Crippen LogP contribution is 2.15. The van der Waals surface area contributed by atoms with Crippen molar-refractivity contribution in [2.24, 2.45) is 14.1 Å². The van der Waals surface area contributed by atoms with Gasteiger partial charge in [0, 0.05) is 20.2 Å². The third kappa shape index (κ3) is 3.97. The zero-order chi connectivity index (χ0) is 19.6. The average molecular weight is 373 g/mol. The molecule has 3 aromatic rings. The molecule has 0 radical (unpaired) electrons. The molecule has 1 N–H and O–H groups in total. The molecular formula is C18H16FN3O5. The van der Waals surface area contributed by atoms with Gasteiger partial charge >= 0.3 is 5.69 Å². The number of benzene rings is 1. The minimum atomic E-state index is -0.619. The van der Waals surface area contributed by atoms with Gasteiger partial charge in [0.15, 0.2) is 5.76 Å². The van der Waals surface area contributed by atoms with Gasteiger partial charge in [0.25, 0.3) is 11.5 Å². The van der Waals surface area contributed by atoms with Gasteiger partial charge < -0.3 is 14.5 Å². The van der Waals surface area contributed by atoms with E-state index in [9.17, 15) is 18.8 Å². The third-order valence-electron chi connectivity index (χ3n) is 3.85. The average Bonchev–Trinajstić information content (AvgIpc) is 3.13. The normalized spacial score (nSPS) is 10.6. The van der Waals surface area contributed by atoms with E-state index < -0.39 is 17.2 Å². The summed E-state index contributed by atoms with van der Waals surface area (Å²) in [6.07, 6.45) is 0. The first-order chi connectivity index (χ1) is 12.8. The van der Waals surface area contributed by atoms with Crippen LogP contribution in [0.3, 0.4) is 0 Å². The molecule has 3 rings (SSSR count). The summed E-state index contributed by atoms with van der Waals surface area (Å²) in [5, 5.41) is 2.46. The standard InChI is InChI=1S/C18H16FN3O5/c1-21-15(9-16(23)22(2)18(21)25)20-17(24)14-8-7-13(27-14)10-26-12-5-3-11(19)4-6-12/h3-9H,10H2,1-2H3,(H,20,24). The third-order valence-corrected chi connectivity index (χ3v) is 3.85. The molecule has 0 aliphatic heterocycles. The summed E-state index contributed by atoms with van der Waals surface area (Å²) in [4.78, 5) is 35.9. The largest absolute Gasteiger partial charge is 0.486 e. The van der Waals surface area contributed by atoms with Crippen LogP contribution in [-0.2, 0) is 20.7 Å². The van der Waals surface area contributed by atoms with E-state index in [0.29, 0.717) is 11.5 Å². The lowest BCUT2D eigenvalue weighted by atomic mass is 10.3. The molecule has 1 amide bonds. The van der Waals surface area contributed by atoms with Crippen molar-refractivity contribution in [1.29, 1.82) is 0 Å². The molecule has 1 aromatic carbocycles. The number of amides is 1. The lowest BCUT2D eigenvalue weighted by Gasteiger charge is -2.09. The van der Waals surface area contributed by atoms with E-state index >= 15 is 0 Å². The fourth-order valence-electron chi connectivity index (χ4n) is 2.29. The van der Waals surface area contributed by atoms with Gasteiger partial charge in [0.1, 0.15) is 29.8 Å². The number of hydrogen-bond acceptors (Lipinski definition) is 5. The van der Waals surface area contributed by atoms with Gasteiger partial charge in [-0.15, -0.1) is 0 Å². The van der Waals surface area contributed by atoms with E-state index in [1.807, 2.05) is 0 Å². The van der Waals surface area contributed by atoms with Gasteiger partial charge in [-0.1, -0.05) is 0 Å². The van der Waals surface area contributed by atoms with E-state index in [2.05, 4.69) is 5.32 Å². The zero-order valence-electron chi connectivity index (χ0n) is 14.6. The van der Waals surface area contributed by atoms with Crippen molar-refractivity contribution in [3.05, 3.63) is 80.6 Å². The maximum atomic E-state index is 12.9. The molecule has 8 nitrogen and oxygen atoms in total. The second kappa shape index (κ2) is 7.32. The van der Waals surface area contributed by atoms with Crippen molar-refractivity contribution in [1.82, 2.24) is 9.13 Å². The number of rotatable bonds is 5. The lowest BCUT2D eigenvalue weighted by molar-refractivity contribution is 0.0991. The summed E-state index contributed by atoms with van der Waals surface area (Å²) in [6, 6.07) is 9.63. The molecule has 2 heterocycles.